The fourth-order valence-electron chi connectivity index (χ4n) is 2.73. The van der Waals surface area contributed by atoms with Crippen LogP contribution in [-0.4, -0.2) is 10.8 Å². The van der Waals surface area contributed by atoms with Crippen LogP contribution in [0.15, 0.2) is 54.6 Å². The average Bonchev–Trinajstić information content (AvgIpc) is 2.49. The first-order chi connectivity index (χ1) is 10.2. The Kier molecular flexibility index (Phi) is 3.57. The summed E-state index contributed by atoms with van der Waals surface area (Å²) in [5, 5.41) is 0. The van der Waals surface area contributed by atoms with Crippen LogP contribution in [0.5, 0.6) is 0 Å². The Labute approximate surface area is 123 Å². The summed E-state index contributed by atoms with van der Waals surface area (Å²) < 4.78 is 13.5. The minimum atomic E-state index is -0.266. The van der Waals surface area contributed by atoms with Crippen molar-refractivity contribution in [1.82, 2.24) is 4.90 Å². The maximum absolute atomic E-state index is 13.5. The highest BCUT2D eigenvalue weighted by molar-refractivity contribution is 6.20. The summed E-state index contributed by atoms with van der Waals surface area (Å²) in [4.78, 5) is 14.3. The number of carbonyl (C=O) groups excluding carboxylic acids is 1. The highest BCUT2D eigenvalue weighted by atomic mass is 19.1. The third-order valence-corrected chi connectivity index (χ3v) is 3.74. The summed E-state index contributed by atoms with van der Waals surface area (Å²) in [6, 6.07) is 14.4. The van der Waals surface area contributed by atoms with Crippen LogP contribution in [0.1, 0.15) is 23.6 Å². The Bertz CT molecular complexity index is 706. The van der Waals surface area contributed by atoms with E-state index >= 15 is 0 Å². The van der Waals surface area contributed by atoms with Gasteiger partial charge in [0.25, 0.3) is 5.91 Å². The van der Waals surface area contributed by atoms with Crippen LogP contribution in [0.3, 0.4) is 0 Å². The molecule has 0 bridgehead atoms. The van der Waals surface area contributed by atoms with Gasteiger partial charge in [-0.05, 0) is 35.7 Å². The molecule has 0 spiro atoms. The molecule has 106 valence electrons. The minimum absolute atomic E-state index is 0.000427. The maximum Gasteiger partial charge on any atom is 0.254 e. The summed E-state index contributed by atoms with van der Waals surface area (Å²) in [6.45, 7) is 2.82. The van der Waals surface area contributed by atoms with Crippen LogP contribution in [0.25, 0.3) is 5.57 Å². The van der Waals surface area contributed by atoms with E-state index in [4.69, 9.17) is 0 Å². The first-order valence-corrected chi connectivity index (χ1v) is 6.97. The van der Waals surface area contributed by atoms with Gasteiger partial charge in [0.1, 0.15) is 5.82 Å². The van der Waals surface area contributed by atoms with Crippen LogP contribution in [0.4, 0.5) is 4.39 Å². The van der Waals surface area contributed by atoms with E-state index in [1.165, 1.54) is 12.1 Å². The number of allylic oxidation sites excluding steroid dienone is 1. The van der Waals surface area contributed by atoms with Gasteiger partial charge in [-0.2, -0.15) is 0 Å². The number of hydrogen-bond acceptors (Lipinski definition) is 1. The molecule has 0 unspecified atom stereocenters. The molecule has 0 radical (unpaired) electrons. The summed E-state index contributed by atoms with van der Waals surface area (Å²) in [7, 11) is 0. The van der Waals surface area contributed by atoms with Gasteiger partial charge in [0.05, 0.1) is 0 Å². The monoisotopic (exact) mass is 281 g/mol. The lowest BCUT2D eigenvalue weighted by Crippen LogP contribution is -2.35. The van der Waals surface area contributed by atoms with Crippen LogP contribution in [0, 0.1) is 5.82 Å². The molecule has 3 heteroatoms. The van der Waals surface area contributed by atoms with Crippen molar-refractivity contribution in [3.8, 4) is 0 Å². The number of amides is 1. The van der Waals surface area contributed by atoms with E-state index in [9.17, 15) is 9.18 Å². The predicted octanol–water partition coefficient (Wildman–Crippen LogP) is 3.77. The molecule has 0 N–H and O–H groups in total. The van der Waals surface area contributed by atoms with Gasteiger partial charge in [0, 0.05) is 18.7 Å². The minimum Gasteiger partial charge on any atom is -0.330 e. The predicted molar refractivity (Wildman–Crippen MR) is 80.7 cm³/mol. The second-order valence-corrected chi connectivity index (χ2v) is 5.15. The second-order valence-electron chi connectivity index (χ2n) is 5.15. The molecule has 0 fully saturated rings. The molecule has 0 saturated heterocycles. The van der Waals surface area contributed by atoms with E-state index in [2.05, 4.69) is 0 Å². The lowest BCUT2D eigenvalue weighted by molar-refractivity contribution is -0.126. The normalized spacial score (nSPS) is 16.2. The molecule has 2 aromatic rings. The van der Waals surface area contributed by atoms with E-state index in [1.54, 1.807) is 17.0 Å². The summed E-state index contributed by atoms with van der Waals surface area (Å²) >= 11 is 0. The second kappa shape index (κ2) is 5.52. The number of rotatable bonds is 2. The first kappa shape index (κ1) is 13.6. The summed E-state index contributed by atoms with van der Waals surface area (Å²) in [6.07, 6.45) is 1.80. The van der Waals surface area contributed by atoms with Crippen LogP contribution >= 0.6 is 0 Å². The average molecular weight is 281 g/mol. The molecule has 0 atom stereocenters. The molecule has 1 aliphatic heterocycles. The molecule has 21 heavy (non-hydrogen) atoms. The third-order valence-electron chi connectivity index (χ3n) is 3.74. The highest BCUT2D eigenvalue weighted by Gasteiger charge is 2.27. The number of fused-ring (bicyclic) bond motifs is 1. The summed E-state index contributed by atoms with van der Waals surface area (Å²) in [5.74, 6) is -0.265. The fourth-order valence-corrected chi connectivity index (χ4v) is 2.73. The van der Waals surface area contributed by atoms with Crippen molar-refractivity contribution >= 4 is 11.5 Å². The Morgan fingerprint density at radius 3 is 2.67 bits per heavy atom. The zero-order valence-electron chi connectivity index (χ0n) is 11.8. The molecule has 0 aliphatic carbocycles. The highest BCUT2D eigenvalue weighted by Crippen LogP contribution is 2.30. The molecule has 1 heterocycles. The van der Waals surface area contributed by atoms with Crippen molar-refractivity contribution in [2.24, 2.45) is 0 Å². The lowest BCUT2D eigenvalue weighted by atomic mass is 9.93. The SMILES string of the molecule is C/C=C1\C(=O)N(Cc2ccccc2)Cc2cc(F)ccc21. The Hall–Kier alpha value is -2.42. The zero-order chi connectivity index (χ0) is 14.8. The topological polar surface area (TPSA) is 20.3 Å². The van der Waals surface area contributed by atoms with Gasteiger partial charge in [0.15, 0.2) is 0 Å². The van der Waals surface area contributed by atoms with Crippen LogP contribution in [-0.2, 0) is 17.9 Å². The Balaban J connectivity index is 1.96. The van der Waals surface area contributed by atoms with Gasteiger partial charge >= 0.3 is 0 Å². The van der Waals surface area contributed by atoms with E-state index in [0.717, 1.165) is 16.7 Å². The van der Waals surface area contributed by atoms with Gasteiger partial charge < -0.3 is 4.90 Å². The lowest BCUT2D eigenvalue weighted by Gasteiger charge is -2.30. The number of hydrogen-bond donors (Lipinski definition) is 0. The Morgan fingerprint density at radius 2 is 1.95 bits per heavy atom. The van der Waals surface area contributed by atoms with Gasteiger partial charge in [-0.1, -0.05) is 42.5 Å². The van der Waals surface area contributed by atoms with Crippen molar-refractivity contribution in [3.05, 3.63) is 77.1 Å². The smallest absolute Gasteiger partial charge is 0.254 e. The van der Waals surface area contributed by atoms with Crippen molar-refractivity contribution < 1.29 is 9.18 Å². The van der Waals surface area contributed by atoms with Gasteiger partial charge in [-0.15, -0.1) is 0 Å². The van der Waals surface area contributed by atoms with E-state index < -0.39 is 0 Å². The standard InChI is InChI=1S/C18H16FNO/c1-2-16-17-9-8-15(19)10-14(17)12-20(18(16)21)11-13-6-4-3-5-7-13/h2-10H,11-12H2,1H3/b16-2-. The molecule has 3 rings (SSSR count). The zero-order valence-corrected chi connectivity index (χ0v) is 11.8. The van der Waals surface area contributed by atoms with E-state index in [-0.39, 0.29) is 11.7 Å². The third kappa shape index (κ3) is 2.59. The Morgan fingerprint density at radius 1 is 1.19 bits per heavy atom. The van der Waals surface area contributed by atoms with Crippen molar-refractivity contribution in [1.29, 1.82) is 0 Å². The number of nitrogens with zero attached hydrogens (tertiary/aromatic N) is 1. The van der Waals surface area contributed by atoms with Crippen LogP contribution < -0.4 is 0 Å². The fraction of sp³-hybridized carbons (Fsp3) is 0.167. The quantitative estimate of drug-likeness (QED) is 0.767. The van der Waals surface area contributed by atoms with Gasteiger partial charge in [0.2, 0.25) is 0 Å². The van der Waals surface area contributed by atoms with Crippen LogP contribution in [0.2, 0.25) is 0 Å². The molecule has 2 nitrogen and oxygen atoms in total. The molecule has 2 aromatic carbocycles. The molecular formula is C18H16FNO. The number of halogens is 1. The largest absolute Gasteiger partial charge is 0.330 e. The van der Waals surface area contributed by atoms with Crippen molar-refractivity contribution in [2.45, 2.75) is 20.0 Å². The summed E-state index contributed by atoms with van der Waals surface area (Å²) in [5.41, 5.74) is 3.42. The number of carbonyl (C=O) groups is 1. The molecule has 1 amide bonds. The molecule has 0 aromatic heterocycles. The van der Waals surface area contributed by atoms with Crippen molar-refractivity contribution in [3.63, 3.8) is 0 Å². The maximum atomic E-state index is 13.5. The van der Waals surface area contributed by atoms with Crippen molar-refractivity contribution in [2.75, 3.05) is 0 Å². The first-order valence-electron chi connectivity index (χ1n) is 6.97. The molecule has 0 saturated carbocycles. The molecular weight excluding hydrogens is 265 g/mol. The molecule has 1 aliphatic rings. The van der Waals surface area contributed by atoms with Gasteiger partial charge in [-0.25, -0.2) is 4.39 Å². The number of benzene rings is 2. The van der Waals surface area contributed by atoms with E-state index in [0.29, 0.717) is 18.7 Å². The van der Waals surface area contributed by atoms with E-state index in [1.807, 2.05) is 37.3 Å². The van der Waals surface area contributed by atoms with Gasteiger partial charge in [-0.3, -0.25) is 4.79 Å².